The second-order valence-corrected chi connectivity index (χ2v) is 2.56. The van der Waals surface area contributed by atoms with Crippen molar-refractivity contribution < 1.29 is 0 Å². The first-order chi connectivity index (χ1) is 4.81. The predicted octanol–water partition coefficient (Wildman–Crippen LogP) is 3.70. The van der Waals surface area contributed by atoms with Crippen molar-refractivity contribution in [2.24, 2.45) is 0 Å². The van der Waals surface area contributed by atoms with E-state index in [-0.39, 0.29) is 0 Å². The Kier molecular flexibility index (Phi) is 6.25. The molecule has 58 valence electrons. The second kappa shape index (κ2) is 6.60. The molecule has 0 unspecified atom stereocenters. The maximum absolute atomic E-state index is 3.95. The van der Waals surface area contributed by atoms with Crippen LogP contribution in [0.2, 0.25) is 0 Å². The Morgan fingerprint density at radius 3 is 2.70 bits per heavy atom. The summed E-state index contributed by atoms with van der Waals surface area (Å²) in [5, 5.41) is 0. The Labute approximate surface area is 64.6 Å². The zero-order valence-corrected chi connectivity index (χ0v) is 7.19. The molecule has 0 N–H and O–H groups in total. The molecule has 0 bridgehead atoms. The summed E-state index contributed by atoms with van der Waals surface area (Å²) < 4.78 is 0. The predicted molar refractivity (Wildman–Crippen MR) is 48.1 cm³/mol. The van der Waals surface area contributed by atoms with Gasteiger partial charge in [0.05, 0.1) is 0 Å². The molecule has 0 aliphatic carbocycles. The van der Waals surface area contributed by atoms with Gasteiger partial charge in [-0.1, -0.05) is 31.2 Å². The molecule has 0 aromatic carbocycles. The van der Waals surface area contributed by atoms with Crippen molar-refractivity contribution in [1.82, 2.24) is 0 Å². The molecule has 0 atom stereocenters. The molecular formula is C10H18. The average molecular weight is 138 g/mol. The Hall–Kier alpha value is -0.520. The van der Waals surface area contributed by atoms with E-state index >= 15 is 0 Å². The van der Waals surface area contributed by atoms with Crippen LogP contribution in [-0.4, -0.2) is 0 Å². The Morgan fingerprint density at radius 2 is 2.20 bits per heavy atom. The molecule has 0 rings (SSSR count). The highest BCUT2D eigenvalue weighted by molar-refractivity contribution is 4.92. The van der Waals surface area contributed by atoms with Gasteiger partial charge in [-0.25, -0.2) is 0 Å². The van der Waals surface area contributed by atoms with Gasteiger partial charge < -0.3 is 0 Å². The number of hydrogen-bond donors (Lipinski definition) is 0. The van der Waals surface area contributed by atoms with Crippen molar-refractivity contribution in [3.63, 3.8) is 0 Å². The summed E-state index contributed by atoms with van der Waals surface area (Å²) in [4.78, 5) is 0. The number of unbranched alkanes of at least 4 members (excludes halogenated alkanes) is 1. The molecule has 10 heavy (non-hydrogen) atoms. The van der Waals surface area contributed by atoms with Crippen LogP contribution in [-0.2, 0) is 0 Å². The average Bonchev–Trinajstić information content (AvgIpc) is 1.98. The van der Waals surface area contributed by atoms with E-state index in [1.165, 1.54) is 24.8 Å². The highest BCUT2D eigenvalue weighted by atomic mass is 13.9. The van der Waals surface area contributed by atoms with Crippen LogP contribution in [0.15, 0.2) is 24.3 Å². The summed E-state index contributed by atoms with van der Waals surface area (Å²) in [5.41, 5.74) is 1.38. The third-order valence-corrected chi connectivity index (χ3v) is 1.64. The van der Waals surface area contributed by atoms with Crippen LogP contribution in [0.1, 0.15) is 39.5 Å². The minimum atomic E-state index is 1.13. The Bertz CT molecular complexity index is 109. The molecular weight excluding hydrogens is 120 g/mol. The van der Waals surface area contributed by atoms with Crippen LogP contribution in [0.25, 0.3) is 0 Å². The summed E-state index contributed by atoms with van der Waals surface area (Å²) in [6.45, 7) is 8.18. The molecule has 0 nitrogen and oxygen atoms in total. The summed E-state index contributed by atoms with van der Waals surface area (Å²) >= 11 is 0. The quantitative estimate of drug-likeness (QED) is 0.401. The van der Waals surface area contributed by atoms with Gasteiger partial charge in [-0.2, -0.15) is 0 Å². The summed E-state index contributed by atoms with van der Waals surface area (Å²) in [5.74, 6) is 0. The molecule has 0 fully saturated rings. The Balaban J connectivity index is 3.11. The number of hydrogen-bond acceptors (Lipinski definition) is 0. The molecule has 0 aromatic heterocycles. The fraction of sp³-hybridized carbons (Fsp3) is 0.600. The molecule has 0 amide bonds. The van der Waals surface area contributed by atoms with Gasteiger partial charge in [0.1, 0.15) is 0 Å². The fourth-order valence-corrected chi connectivity index (χ4v) is 0.813. The number of rotatable bonds is 5. The normalized spacial score (nSPS) is 10.6. The van der Waals surface area contributed by atoms with Crippen LogP contribution in [0.5, 0.6) is 0 Å². The summed E-state index contributed by atoms with van der Waals surface area (Å²) in [7, 11) is 0. The molecule has 0 spiro atoms. The van der Waals surface area contributed by atoms with E-state index in [1.54, 1.807) is 0 Å². The van der Waals surface area contributed by atoms with E-state index in [1.807, 2.05) is 0 Å². The Morgan fingerprint density at radius 1 is 1.50 bits per heavy atom. The van der Waals surface area contributed by atoms with Crippen molar-refractivity contribution in [2.75, 3.05) is 0 Å². The zero-order chi connectivity index (χ0) is 7.82. The topological polar surface area (TPSA) is 0 Å². The maximum atomic E-state index is 3.95. The second-order valence-electron chi connectivity index (χ2n) is 2.56. The fourth-order valence-electron chi connectivity index (χ4n) is 0.813. The van der Waals surface area contributed by atoms with Crippen molar-refractivity contribution in [3.8, 4) is 0 Å². The first-order valence-corrected chi connectivity index (χ1v) is 4.09. The minimum Gasteiger partial charge on any atom is -0.0999 e. The van der Waals surface area contributed by atoms with Gasteiger partial charge in [0.2, 0.25) is 0 Å². The monoisotopic (exact) mass is 138 g/mol. The van der Waals surface area contributed by atoms with Crippen LogP contribution in [0.4, 0.5) is 0 Å². The van der Waals surface area contributed by atoms with E-state index in [4.69, 9.17) is 0 Å². The molecule has 0 heterocycles. The third-order valence-electron chi connectivity index (χ3n) is 1.64. The van der Waals surface area contributed by atoms with Gasteiger partial charge in [0.25, 0.3) is 0 Å². The SMILES string of the molecule is C=C(CC)CCCC=CC. The van der Waals surface area contributed by atoms with Gasteiger partial charge in [0, 0.05) is 0 Å². The lowest BCUT2D eigenvalue weighted by Gasteiger charge is -1.98. The zero-order valence-electron chi connectivity index (χ0n) is 7.19. The van der Waals surface area contributed by atoms with Gasteiger partial charge in [-0.15, -0.1) is 0 Å². The van der Waals surface area contributed by atoms with Gasteiger partial charge in [-0.3, -0.25) is 0 Å². The molecule has 0 saturated heterocycles. The third kappa shape index (κ3) is 5.61. The van der Waals surface area contributed by atoms with Crippen molar-refractivity contribution >= 4 is 0 Å². The molecule has 0 aliphatic heterocycles. The molecule has 0 aromatic rings. The standard InChI is InChI=1S/C10H18/c1-4-6-7-8-9-10(3)5-2/h4,6H,3,5,7-9H2,1-2H3. The molecule has 0 aliphatic rings. The summed E-state index contributed by atoms with van der Waals surface area (Å²) in [6, 6.07) is 0. The highest BCUT2D eigenvalue weighted by Gasteiger charge is 1.88. The van der Waals surface area contributed by atoms with Crippen molar-refractivity contribution in [3.05, 3.63) is 24.3 Å². The van der Waals surface area contributed by atoms with E-state index in [9.17, 15) is 0 Å². The lowest BCUT2D eigenvalue weighted by molar-refractivity contribution is 0.806. The maximum Gasteiger partial charge on any atom is -0.0320 e. The lowest BCUT2D eigenvalue weighted by atomic mass is 10.1. The van der Waals surface area contributed by atoms with Crippen LogP contribution < -0.4 is 0 Å². The van der Waals surface area contributed by atoms with Crippen LogP contribution in [0.3, 0.4) is 0 Å². The molecule has 0 heteroatoms. The van der Waals surface area contributed by atoms with Crippen LogP contribution in [0, 0.1) is 0 Å². The first-order valence-electron chi connectivity index (χ1n) is 4.09. The molecule has 0 saturated carbocycles. The van der Waals surface area contributed by atoms with E-state index in [0.717, 1.165) is 6.42 Å². The van der Waals surface area contributed by atoms with E-state index < -0.39 is 0 Å². The van der Waals surface area contributed by atoms with E-state index in [2.05, 4.69) is 32.6 Å². The first kappa shape index (κ1) is 9.48. The van der Waals surface area contributed by atoms with Gasteiger partial charge in [-0.05, 0) is 32.6 Å². The van der Waals surface area contributed by atoms with Gasteiger partial charge in [0.15, 0.2) is 0 Å². The lowest BCUT2D eigenvalue weighted by Crippen LogP contribution is -1.77. The van der Waals surface area contributed by atoms with Crippen molar-refractivity contribution in [2.45, 2.75) is 39.5 Å². The van der Waals surface area contributed by atoms with Gasteiger partial charge >= 0.3 is 0 Å². The largest absolute Gasteiger partial charge is 0.0999 e. The van der Waals surface area contributed by atoms with E-state index in [0.29, 0.717) is 0 Å². The smallest absolute Gasteiger partial charge is 0.0320 e. The molecule has 0 radical (unpaired) electrons. The summed E-state index contributed by atoms with van der Waals surface area (Å²) in [6.07, 6.45) is 9.11. The van der Waals surface area contributed by atoms with Crippen molar-refractivity contribution in [1.29, 1.82) is 0 Å². The minimum absolute atomic E-state index is 1.13. The van der Waals surface area contributed by atoms with Crippen LogP contribution >= 0.6 is 0 Å². The highest BCUT2D eigenvalue weighted by Crippen LogP contribution is 2.08. The number of allylic oxidation sites excluding steroid dienone is 3.